The van der Waals surface area contributed by atoms with Crippen LogP contribution < -0.4 is 4.72 Å². The van der Waals surface area contributed by atoms with E-state index in [4.69, 9.17) is 11.6 Å². The Labute approximate surface area is 153 Å². The summed E-state index contributed by atoms with van der Waals surface area (Å²) in [7, 11) is -3.70. The number of halogens is 1. The van der Waals surface area contributed by atoms with Crippen LogP contribution in [0.4, 0.5) is 0 Å². The van der Waals surface area contributed by atoms with Crippen LogP contribution in [0.2, 0.25) is 5.02 Å². The van der Waals surface area contributed by atoms with Crippen molar-refractivity contribution in [2.45, 2.75) is 17.9 Å². The van der Waals surface area contributed by atoms with Gasteiger partial charge in [0.1, 0.15) is 0 Å². The summed E-state index contributed by atoms with van der Waals surface area (Å²) in [5.41, 5.74) is 2.83. The highest BCUT2D eigenvalue weighted by Crippen LogP contribution is 2.27. The molecule has 1 N–H and O–H groups in total. The third kappa shape index (κ3) is 4.10. The molecule has 0 heterocycles. The largest absolute Gasteiger partial charge is 0.241 e. The quantitative estimate of drug-likeness (QED) is 0.705. The maximum absolute atomic E-state index is 12.9. The molecule has 0 aromatic heterocycles. The molecular weight excluding hydrogens is 354 g/mol. The number of hydrogen-bond acceptors (Lipinski definition) is 2. The zero-order chi connectivity index (χ0) is 17.9. The van der Waals surface area contributed by atoms with Gasteiger partial charge in [0.2, 0.25) is 10.0 Å². The van der Waals surface area contributed by atoms with Gasteiger partial charge >= 0.3 is 0 Å². The second-order valence-electron chi connectivity index (χ2n) is 5.78. The van der Waals surface area contributed by atoms with Crippen LogP contribution in [0, 0.1) is 6.92 Å². The van der Waals surface area contributed by atoms with Crippen LogP contribution in [-0.2, 0) is 10.0 Å². The van der Waals surface area contributed by atoms with E-state index in [1.807, 2.05) is 61.5 Å². The monoisotopic (exact) mass is 371 g/mol. The molecule has 0 spiro atoms. The van der Waals surface area contributed by atoms with Crippen molar-refractivity contribution in [3.05, 3.63) is 101 Å². The zero-order valence-corrected chi connectivity index (χ0v) is 15.3. The highest BCUT2D eigenvalue weighted by atomic mass is 35.5. The molecule has 0 aliphatic carbocycles. The molecule has 0 amide bonds. The minimum Gasteiger partial charge on any atom is -0.207 e. The smallest absolute Gasteiger partial charge is 0.207 e. The van der Waals surface area contributed by atoms with Gasteiger partial charge in [-0.05, 0) is 47.9 Å². The molecule has 25 heavy (non-hydrogen) atoms. The van der Waals surface area contributed by atoms with E-state index in [2.05, 4.69) is 4.72 Å². The Bertz CT molecular complexity index is 955. The van der Waals surface area contributed by atoms with Crippen molar-refractivity contribution in [1.82, 2.24) is 4.72 Å². The minimum atomic E-state index is -3.70. The molecule has 3 aromatic carbocycles. The van der Waals surface area contributed by atoms with Gasteiger partial charge in [-0.25, -0.2) is 8.42 Å². The highest BCUT2D eigenvalue weighted by molar-refractivity contribution is 7.89. The standard InChI is InChI=1S/C20H18ClNO2S/c1-15-7-5-6-10-19(15)20(16-8-3-2-4-9-16)22-25(23,24)18-13-11-17(21)12-14-18/h2-14,20,22H,1H3/t20-/m1/s1. The fourth-order valence-corrected chi connectivity index (χ4v) is 4.03. The second-order valence-corrected chi connectivity index (χ2v) is 7.93. The first-order chi connectivity index (χ1) is 12.0. The molecule has 3 aromatic rings. The van der Waals surface area contributed by atoms with Gasteiger partial charge in [0.05, 0.1) is 10.9 Å². The molecule has 0 bridgehead atoms. The lowest BCUT2D eigenvalue weighted by Gasteiger charge is -2.21. The topological polar surface area (TPSA) is 46.2 Å². The normalized spacial score (nSPS) is 12.7. The van der Waals surface area contributed by atoms with Crippen molar-refractivity contribution in [1.29, 1.82) is 0 Å². The third-order valence-electron chi connectivity index (χ3n) is 4.03. The average molecular weight is 372 g/mol. The van der Waals surface area contributed by atoms with Crippen molar-refractivity contribution < 1.29 is 8.42 Å². The molecule has 0 aliphatic rings. The van der Waals surface area contributed by atoms with E-state index in [-0.39, 0.29) is 4.90 Å². The molecule has 0 fully saturated rings. The van der Waals surface area contributed by atoms with Gasteiger partial charge in [-0.3, -0.25) is 0 Å². The fraction of sp³-hybridized carbons (Fsp3) is 0.100. The number of nitrogens with one attached hydrogen (secondary N) is 1. The van der Waals surface area contributed by atoms with Crippen LogP contribution >= 0.6 is 11.6 Å². The lowest BCUT2D eigenvalue weighted by atomic mass is 9.96. The van der Waals surface area contributed by atoms with Gasteiger partial charge in [-0.15, -0.1) is 0 Å². The van der Waals surface area contributed by atoms with Crippen molar-refractivity contribution >= 4 is 21.6 Å². The number of sulfonamides is 1. The lowest BCUT2D eigenvalue weighted by Crippen LogP contribution is -2.30. The maximum Gasteiger partial charge on any atom is 0.241 e. The van der Waals surface area contributed by atoms with Gasteiger partial charge in [0.15, 0.2) is 0 Å². The molecule has 0 radical (unpaired) electrons. The summed E-state index contributed by atoms with van der Waals surface area (Å²) >= 11 is 5.86. The molecule has 0 aliphatic heterocycles. The van der Waals surface area contributed by atoms with Crippen molar-refractivity contribution in [3.63, 3.8) is 0 Å². The fourth-order valence-electron chi connectivity index (χ4n) is 2.70. The molecule has 0 unspecified atom stereocenters. The van der Waals surface area contributed by atoms with E-state index < -0.39 is 16.1 Å². The van der Waals surface area contributed by atoms with Crippen LogP contribution in [0.3, 0.4) is 0 Å². The average Bonchev–Trinajstić information content (AvgIpc) is 2.61. The molecule has 0 saturated heterocycles. The molecule has 0 saturated carbocycles. The predicted molar refractivity (Wildman–Crippen MR) is 101 cm³/mol. The van der Waals surface area contributed by atoms with Crippen LogP contribution in [0.5, 0.6) is 0 Å². The van der Waals surface area contributed by atoms with Crippen LogP contribution in [-0.4, -0.2) is 8.42 Å². The van der Waals surface area contributed by atoms with E-state index in [0.29, 0.717) is 5.02 Å². The molecule has 128 valence electrons. The van der Waals surface area contributed by atoms with Crippen molar-refractivity contribution in [2.24, 2.45) is 0 Å². The van der Waals surface area contributed by atoms with Crippen LogP contribution in [0.1, 0.15) is 22.7 Å². The first kappa shape index (κ1) is 17.7. The minimum absolute atomic E-state index is 0.186. The van der Waals surface area contributed by atoms with E-state index in [1.54, 1.807) is 12.1 Å². The van der Waals surface area contributed by atoms with Gasteiger partial charge in [0.25, 0.3) is 0 Å². The second kappa shape index (κ2) is 7.40. The van der Waals surface area contributed by atoms with Crippen LogP contribution in [0.15, 0.2) is 83.8 Å². The molecule has 5 heteroatoms. The highest BCUT2D eigenvalue weighted by Gasteiger charge is 2.23. The van der Waals surface area contributed by atoms with Crippen molar-refractivity contribution in [2.75, 3.05) is 0 Å². The van der Waals surface area contributed by atoms with Gasteiger partial charge in [-0.1, -0.05) is 66.2 Å². The Kier molecular flexibility index (Phi) is 5.23. The van der Waals surface area contributed by atoms with Gasteiger partial charge in [0, 0.05) is 5.02 Å². The van der Waals surface area contributed by atoms with Gasteiger partial charge < -0.3 is 0 Å². The third-order valence-corrected chi connectivity index (χ3v) is 5.72. The Morgan fingerprint density at radius 3 is 2.08 bits per heavy atom. The first-order valence-corrected chi connectivity index (χ1v) is 9.72. The molecule has 1 atom stereocenters. The van der Waals surface area contributed by atoms with Gasteiger partial charge in [-0.2, -0.15) is 4.72 Å². The first-order valence-electron chi connectivity index (χ1n) is 7.86. The molecule has 3 rings (SSSR count). The number of hydrogen-bond donors (Lipinski definition) is 1. The Morgan fingerprint density at radius 2 is 1.44 bits per heavy atom. The summed E-state index contributed by atoms with van der Waals surface area (Å²) in [6.07, 6.45) is 0. The van der Waals surface area contributed by atoms with Crippen LogP contribution in [0.25, 0.3) is 0 Å². The summed E-state index contributed by atoms with van der Waals surface area (Å²) in [5, 5.41) is 0.498. The Hall–Kier alpha value is -2.14. The Morgan fingerprint density at radius 1 is 0.840 bits per heavy atom. The summed E-state index contributed by atoms with van der Waals surface area (Å²) in [6.45, 7) is 1.97. The number of rotatable bonds is 5. The van der Waals surface area contributed by atoms with E-state index in [1.165, 1.54) is 12.1 Å². The number of benzene rings is 3. The summed E-state index contributed by atoms with van der Waals surface area (Å²) in [6, 6.07) is 23.0. The lowest BCUT2D eigenvalue weighted by molar-refractivity contribution is 0.572. The zero-order valence-electron chi connectivity index (χ0n) is 13.7. The molecular formula is C20H18ClNO2S. The SMILES string of the molecule is Cc1ccccc1[C@H](NS(=O)(=O)c1ccc(Cl)cc1)c1ccccc1. The van der Waals surface area contributed by atoms with E-state index >= 15 is 0 Å². The summed E-state index contributed by atoms with van der Waals surface area (Å²) in [5.74, 6) is 0. The summed E-state index contributed by atoms with van der Waals surface area (Å²) in [4.78, 5) is 0.186. The van der Waals surface area contributed by atoms with E-state index in [9.17, 15) is 8.42 Å². The summed E-state index contributed by atoms with van der Waals surface area (Å²) < 4.78 is 28.5. The van der Waals surface area contributed by atoms with Crippen molar-refractivity contribution in [3.8, 4) is 0 Å². The predicted octanol–water partition coefficient (Wildman–Crippen LogP) is 4.72. The maximum atomic E-state index is 12.9. The number of aryl methyl sites for hydroxylation is 1. The Balaban J connectivity index is 2.04. The van der Waals surface area contributed by atoms with E-state index in [0.717, 1.165) is 16.7 Å². The molecule has 3 nitrogen and oxygen atoms in total.